The van der Waals surface area contributed by atoms with Gasteiger partial charge in [-0.05, 0) is 23.3 Å². The van der Waals surface area contributed by atoms with Crippen LogP contribution < -0.4 is 0 Å². The average molecular weight is 240 g/mol. The number of carboxylic acid groups (broad SMARTS) is 1. The van der Waals surface area contributed by atoms with Crippen molar-refractivity contribution in [3.05, 3.63) is 71.3 Å². The van der Waals surface area contributed by atoms with Gasteiger partial charge in [0.2, 0.25) is 0 Å². The van der Waals surface area contributed by atoms with Crippen LogP contribution in [0.5, 0.6) is 0 Å². The van der Waals surface area contributed by atoms with Crippen molar-refractivity contribution in [3.8, 4) is 0 Å². The Morgan fingerprint density at radius 3 is 2.17 bits per heavy atom. The number of aromatic carboxylic acids is 1. The fourth-order valence-corrected chi connectivity index (χ4v) is 2.06. The van der Waals surface area contributed by atoms with E-state index in [1.807, 2.05) is 24.3 Å². The molecule has 1 N–H and O–H groups in total. The lowest BCUT2D eigenvalue weighted by Gasteiger charge is -2.26. The fourth-order valence-electron chi connectivity index (χ4n) is 2.06. The summed E-state index contributed by atoms with van der Waals surface area (Å²) in [7, 11) is 0. The lowest BCUT2D eigenvalue weighted by atomic mass is 9.78. The Bertz CT molecular complexity index is 556. The third kappa shape index (κ3) is 2.28. The molecule has 0 aliphatic heterocycles. The number of hydrogen-bond acceptors (Lipinski definition) is 1. The highest BCUT2D eigenvalue weighted by Crippen LogP contribution is 2.31. The predicted octanol–water partition coefficient (Wildman–Crippen LogP) is 3.71. The minimum atomic E-state index is -0.888. The standard InChI is InChI=1S/C16H16O2/c1-16(2,13-8-4-3-5-9-13)14-10-6-7-12(11-14)15(17)18/h3-11H,1-2H3,(H,17,18). The van der Waals surface area contributed by atoms with Crippen molar-refractivity contribution in [1.29, 1.82) is 0 Å². The van der Waals surface area contributed by atoms with Crippen molar-refractivity contribution in [2.24, 2.45) is 0 Å². The molecule has 2 heteroatoms. The molecule has 0 heterocycles. The van der Waals surface area contributed by atoms with Gasteiger partial charge in [0.15, 0.2) is 0 Å². The van der Waals surface area contributed by atoms with E-state index in [4.69, 9.17) is 5.11 Å². The van der Waals surface area contributed by atoms with Crippen LogP contribution in [-0.4, -0.2) is 11.1 Å². The quantitative estimate of drug-likeness (QED) is 0.888. The number of carboxylic acids is 1. The maximum Gasteiger partial charge on any atom is 0.335 e. The van der Waals surface area contributed by atoms with Gasteiger partial charge in [0.25, 0.3) is 0 Å². The first kappa shape index (κ1) is 12.4. The van der Waals surface area contributed by atoms with Crippen molar-refractivity contribution in [2.45, 2.75) is 19.3 Å². The second kappa shape index (κ2) is 4.65. The van der Waals surface area contributed by atoms with Gasteiger partial charge in [0, 0.05) is 5.41 Å². The number of rotatable bonds is 3. The first-order chi connectivity index (χ1) is 8.51. The molecule has 0 bridgehead atoms. The molecule has 0 saturated carbocycles. The molecule has 2 aromatic carbocycles. The molecule has 0 aromatic heterocycles. The molecule has 0 aliphatic rings. The van der Waals surface area contributed by atoms with E-state index in [1.165, 1.54) is 5.56 Å². The van der Waals surface area contributed by atoms with Gasteiger partial charge in [-0.3, -0.25) is 0 Å². The van der Waals surface area contributed by atoms with Crippen LogP contribution >= 0.6 is 0 Å². The van der Waals surface area contributed by atoms with Crippen LogP contribution in [0.15, 0.2) is 54.6 Å². The molecule has 0 saturated heterocycles. The highest BCUT2D eigenvalue weighted by Gasteiger charge is 2.23. The maximum atomic E-state index is 11.0. The van der Waals surface area contributed by atoms with Crippen LogP contribution in [0.3, 0.4) is 0 Å². The zero-order valence-corrected chi connectivity index (χ0v) is 10.6. The third-order valence-electron chi connectivity index (χ3n) is 3.33. The van der Waals surface area contributed by atoms with E-state index in [-0.39, 0.29) is 5.41 Å². The Kier molecular flexibility index (Phi) is 3.19. The van der Waals surface area contributed by atoms with Crippen LogP contribution in [0.25, 0.3) is 0 Å². The lowest BCUT2D eigenvalue weighted by Crippen LogP contribution is -2.19. The van der Waals surface area contributed by atoms with Crippen molar-refractivity contribution < 1.29 is 9.90 Å². The van der Waals surface area contributed by atoms with Gasteiger partial charge in [0.1, 0.15) is 0 Å². The van der Waals surface area contributed by atoms with E-state index in [0.29, 0.717) is 5.56 Å². The minimum Gasteiger partial charge on any atom is -0.478 e. The maximum absolute atomic E-state index is 11.0. The molecule has 2 nitrogen and oxygen atoms in total. The summed E-state index contributed by atoms with van der Waals surface area (Å²) in [5, 5.41) is 9.05. The van der Waals surface area contributed by atoms with Crippen molar-refractivity contribution >= 4 is 5.97 Å². The SMILES string of the molecule is CC(C)(c1ccccc1)c1cccc(C(=O)O)c1. The lowest BCUT2D eigenvalue weighted by molar-refractivity contribution is 0.0696. The molecule has 2 rings (SSSR count). The number of benzene rings is 2. The second-order valence-electron chi connectivity index (χ2n) is 4.88. The number of hydrogen-bond donors (Lipinski definition) is 1. The third-order valence-corrected chi connectivity index (χ3v) is 3.33. The van der Waals surface area contributed by atoms with Gasteiger partial charge in [-0.1, -0.05) is 56.3 Å². The zero-order chi connectivity index (χ0) is 13.2. The number of carbonyl (C=O) groups is 1. The molecular formula is C16H16O2. The molecule has 0 fully saturated rings. The highest BCUT2D eigenvalue weighted by atomic mass is 16.4. The van der Waals surface area contributed by atoms with Crippen LogP contribution in [0.2, 0.25) is 0 Å². The van der Waals surface area contributed by atoms with Crippen molar-refractivity contribution in [2.75, 3.05) is 0 Å². The van der Waals surface area contributed by atoms with Gasteiger partial charge in [-0.25, -0.2) is 4.79 Å². The monoisotopic (exact) mass is 240 g/mol. The minimum absolute atomic E-state index is 0.202. The van der Waals surface area contributed by atoms with E-state index in [2.05, 4.69) is 26.0 Å². The molecule has 0 spiro atoms. The summed E-state index contributed by atoms with van der Waals surface area (Å²) in [5.74, 6) is -0.888. The summed E-state index contributed by atoms with van der Waals surface area (Å²) >= 11 is 0. The zero-order valence-electron chi connectivity index (χ0n) is 10.6. The van der Waals surface area contributed by atoms with Crippen LogP contribution in [0.1, 0.15) is 35.3 Å². The van der Waals surface area contributed by atoms with Crippen molar-refractivity contribution in [3.63, 3.8) is 0 Å². The topological polar surface area (TPSA) is 37.3 Å². The molecule has 92 valence electrons. The van der Waals surface area contributed by atoms with Crippen LogP contribution in [-0.2, 0) is 5.41 Å². The molecule has 0 aliphatic carbocycles. The van der Waals surface area contributed by atoms with Crippen LogP contribution in [0.4, 0.5) is 0 Å². The van der Waals surface area contributed by atoms with E-state index in [9.17, 15) is 4.79 Å². The Morgan fingerprint density at radius 2 is 1.56 bits per heavy atom. The largest absolute Gasteiger partial charge is 0.478 e. The fraction of sp³-hybridized carbons (Fsp3) is 0.188. The molecule has 2 aromatic rings. The Morgan fingerprint density at radius 1 is 0.944 bits per heavy atom. The van der Waals surface area contributed by atoms with Crippen molar-refractivity contribution in [1.82, 2.24) is 0 Å². The van der Waals surface area contributed by atoms with Gasteiger partial charge in [-0.2, -0.15) is 0 Å². The summed E-state index contributed by atoms with van der Waals surface area (Å²) in [6, 6.07) is 17.2. The first-order valence-corrected chi connectivity index (χ1v) is 5.91. The van der Waals surface area contributed by atoms with E-state index in [1.54, 1.807) is 18.2 Å². The molecule has 0 atom stereocenters. The highest BCUT2D eigenvalue weighted by molar-refractivity contribution is 5.87. The van der Waals surface area contributed by atoms with Gasteiger partial charge in [0.05, 0.1) is 5.56 Å². The van der Waals surface area contributed by atoms with E-state index >= 15 is 0 Å². The summed E-state index contributed by atoms with van der Waals surface area (Å²) in [6.45, 7) is 4.20. The van der Waals surface area contributed by atoms with Gasteiger partial charge in [-0.15, -0.1) is 0 Å². The Labute approximate surface area is 107 Å². The Balaban J connectivity index is 2.47. The first-order valence-electron chi connectivity index (χ1n) is 5.91. The smallest absolute Gasteiger partial charge is 0.335 e. The molecule has 0 amide bonds. The van der Waals surface area contributed by atoms with Gasteiger partial charge < -0.3 is 5.11 Å². The van der Waals surface area contributed by atoms with Gasteiger partial charge >= 0.3 is 5.97 Å². The summed E-state index contributed by atoms with van der Waals surface area (Å²) in [6.07, 6.45) is 0. The second-order valence-corrected chi connectivity index (χ2v) is 4.88. The normalized spacial score (nSPS) is 11.2. The summed E-state index contributed by atoms with van der Waals surface area (Å²) < 4.78 is 0. The molecule has 0 unspecified atom stereocenters. The average Bonchev–Trinajstić information content (AvgIpc) is 2.40. The molecule has 18 heavy (non-hydrogen) atoms. The summed E-state index contributed by atoms with van der Waals surface area (Å²) in [5.41, 5.74) is 2.31. The van der Waals surface area contributed by atoms with E-state index in [0.717, 1.165) is 5.56 Å². The molecular weight excluding hydrogens is 224 g/mol. The van der Waals surface area contributed by atoms with Crippen LogP contribution in [0, 0.1) is 0 Å². The summed E-state index contributed by atoms with van der Waals surface area (Å²) in [4.78, 5) is 11.0. The predicted molar refractivity (Wildman–Crippen MR) is 72.0 cm³/mol. The van der Waals surface area contributed by atoms with E-state index < -0.39 is 5.97 Å². The molecule has 0 radical (unpaired) electrons. The Hall–Kier alpha value is -2.09.